The molecule has 1 aliphatic carbocycles. The van der Waals surface area contributed by atoms with Gasteiger partial charge in [0.15, 0.2) is 0 Å². The molecule has 0 bridgehead atoms. The van der Waals surface area contributed by atoms with Crippen LogP contribution in [0.15, 0.2) is 0 Å². The van der Waals surface area contributed by atoms with E-state index in [9.17, 15) is 4.79 Å². The summed E-state index contributed by atoms with van der Waals surface area (Å²) in [4.78, 5) is 12.3. The van der Waals surface area contributed by atoms with Gasteiger partial charge in [-0.15, -0.1) is 0 Å². The van der Waals surface area contributed by atoms with Gasteiger partial charge in [0.25, 0.3) is 0 Å². The van der Waals surface area contributed by atoms with Gasteiger partial charge in [0.1, 0.15) is 5.78 Å². The minimum absolute atomic E-state index is 0.000298. The van der Waals surface area contributed by atoms with Crippen molar-refractivity contribution >= 4 is 13.7 Å². The molecular formula is C16H31OP. The maximum Gasteiger partial charge on any atom is 0.137 e. The Labute approximate surface area is 115 Å². The smallest absolute Gasteiger partial charge is 0.137 e. The first kappa shape index (κ1) is 16.2. The predicted molar refractivity (Wildman–Crippen MR) is 82.9 cm³/mol. The van der Waals surface area contributed by atoms with E-state index in [0.717, 1.165) is 6.42 Å². The van der Waals surface area contributed by atoms with Gasteiger partial charge in [-0.25, -0.2) is 0 Å². The molecule has 2 fully saturated rings. The number of hydrogen-bond acceptors (Lipinski definition) is 1. The van der Waals surface area contributed by atoms with E-state index in [1.165, 1.54) is 31.8 Å². The molecule has 2 heteroatoms. The summed E-state index contributed by atoms with van der Waals surface area (Å²) >= 11 is 0. The van der Waals surface area contributed by atoms with Crippen molar-refractivity contribution in [1.82, 2.24) is 0 Å². The van der Waals surface area contributed by atoms with Gasteiger partial charge in [0, 0.05) is 12.3 Å². The van der Waals surface area contributed by atoms with Crippen LogP contribution in [0.5, 0.6) is 0 Å². The first-order valence-corrected chi connectivity index (χ1v) is 9.25. The fourth-order valence-corrected chi connectivity index (χ4v) is 8.66. The van der Waals surface area contributed by atoms with Crippen molar-refractivity contribution in [2.75, 3.05) is 6.16 Å². The van der Waals surface area contributed by atoms with Crippen molar-refractivity contribution in [2.24, 2.45) is 5.92 Å². The van der Waals surface area contributed by atoms with Gasteiger partial charge in [-0.3, -0.25) is 4.79 Å². The average Bonchev–Trinajstić information content (AvgIpc) is 2.30. The molecule has 2 aliphatic rings. The highest BCUT2D eigenvalue weighted by atomic mass is 31.1. The Morgan fingerprint density at radius 1 is 1.22 bits per heavy atom. The maximum atomic E-state index is 12.3. The van der Waals surface area contributed by atoms with Crippen LogP contribution in [0.2, 0.25) is 0 Å². The Bertz CT molecular complexity index is 297. The van der Waals surface area contributed by atoms with Crippen LogP contribution in [0.25, 0.3) is 0 Å². The van der Waals surface area contributed by atoms with Crippen LogP contribution in [0.3, 0.4) is 0 Å². The summed E-state index contributed by atoms with van der Waals surface area (Å²) in [5.74, 6) is 0.972. The fraction of sp³-hybridized carbons (Fsp3) is 0.938. The SMILES string of the molecule is CC.CCP1C(C)(C)CC(=O)C2CCCCC21C. The molecule has 0 aromatic carbocycles. The van der Waals surface area contributed by atoms with Crippen LogP contribution in [0.1, 0.15) is 73.6 Å². The molecular weight excluding hydrogens is 239 g/mol. The van der Waals surface area contributed by atoms with Gasteiger partial charge >= 0.3 is 0 Å². The molecule has 18 heavy (non-hydrogen) atoms. The van der Waals surface area contributed by atoms with Gasteiger partial charge < -0.3 is 0 Å². The molecule has 1 heterocycles. The molecule has 0 amide bonds. The summed E-state index contributed by atoms with van der Waals surface area (Å²) in [5, 5.41) is 0.644. The van der Waals surface area contributed by atoms with Crippen LogP contribution in [0.4, 0.5) is 0 Å². The number of carbonyl (C=O) groups is 1. The molecule has 1 aliphatic heterocycles. The molecule has 3 atom stereocenters. The Hall–Kier alpha value is 0.100. The minimum Gasteiger partial charge on any atom is -0.299 e. The standard InChI is InChI=1S/C14H25OP.C2H6/c1-5-16-13(2,3)10-12(15)11-8-6-7-9-14(11,16)4;1-2/h11H,5-10H2,1-4H3;1-2H3. The highest BCUT2D eigenvalue weighted by molar-refractivity contribution is 7.61. The fourth-order valence-electron chi connectivity index (χ4n) is 4.27. The van der Waals surface area contributed by atoms with E-state index in [2.05, 4.69) is 27.7 Å². The van der Waals surface area contributed by atoms with E-state index in [1.807, 2.05) is 13.8 Å². The lowest BCUT2D eigenvalue weighted by Crippen LogP contribution is -2.51. The zero-order chi connectivity index (χ0) is 14.0. The molecule has 1 nitrogen and oxygen atoms in total. The van der Waals surface area contributed by atoms with Crippen molar-refractivity contribution < 1.29 is 4.79 Å². The zero-order valence-electron chi connectivity index (χ0n) is 13.2. The molecule has 0 radical (unpaired) electrons. The third-order valence-electron chi connectivity index (χ3n) is 4.84. The minimum atomic E-state index is 0.000298. The van der Waals surface area contributed by atoms with Crippen LogP contribution in [-0.4, -0.2) is 22.3 Å². The number of fused-ring (bicyclic) bond motifs is 1. The summed E-state index contributed by atoms with van der Waals surface area (Å²) in [5.41, 5.74) is 0. The first-order valence-electron chi connectivity index (χ1n) is 7.72. The van der Waals surface area contributed by atoms with Crippen molar-refractivity contribution in [1.29, 1.82) is 0 Å². The van der Waals surface area contributed by atoms with Gasteiger partial charge in [0.2, 0.25) is 0 Å². The van der Waals surface area contributed by atoms with Crippen LogP contribution >= 0.6 is 7.92 Å². The number of Topliss-reactive ketones (excluding diaryl/α,β-unsaturated/α-hetero) is 1. The lowest BCUT2D eigenvalue weighted by atomic mass is 9.74. The van der Waals surface area contributed by atoms with E-state index < -0.39 is 0 Å². The normalized spacial score (nSPS) is 38.4. The average molecular weight is 270 g/mol. The van der Waals surface area contributed by atoms with Crippen LogP contribution in [0, 0.1) is 5.92 Å². The van der Waals surface area contributed by atoms with Crippen molar-refractivity contribution in [3.05, 3.63) is 0 Å². The molecule has 2 rings (SSSR count). The number of rotatable bonds is 1. The lowest BCUT2D eigenvalue weighted by molar-refractivity contribution is -0.125. The molecule has 3 unspecified atom stereocenters. The van der Waals surface area contributed by atoms with Crippen LogP contribution in [-0.2, 0) is 4.79 Å². The van der Waals surface area contributed by atoms with E-state index >= 15 is 0 Å². The Balaban J connectivity index is 0.000000771. The second-order valence-electron chi connectivity index (χ2n) is 6.36. The van der Waals surface area contributed by atoms with E-state index in [-0.39, 0.29) is 13.1 Å². The van der Waals surface area contributed by atoms with Gasteiger partial charge in [0.05, 0.1) is 0 Å². The zero-order valence-corrected chi connectivity index (χ0v) is 14.1. The topological polar surface area (TPSA) is 17.1 Å². The highest BCUT2D eigenvalue weighted by Gasteiger charge is 2.54. The predicted octanol–water partition coefficient (Wildman–Crippen LogP) is 5.21. The quantitative estimate of drug-likeness (QED) is 0.597. The number of carbonyl (C=O) groups excluding carboxylic acids is 1. The van der Waals surface area contributed by atoms with Gasteiger partial charge in [-0.2, -0.15) is 0 Å². The first-order chi connectivity index (χ1) is 8.42. The Kier molecular flexibility index (Phi) is 5.42. The summed E-state index contributed by atoms with van der Waals surface area (Å²) in [6.07, 6.45) is 7.22. The van der Waals surface area contributed by atoms with Crippen molar-refractivity contribution in [3.8, 4) is 0 Å². The second-order valence-corrected chi connectivity index (χ2v) is 10.1. The third-order valence-corrected chi connectivity index (χ3v) is 8.86. The van der Waals surface area contributed by atoms with E-state index in [1.54, 1.807) is 0 Å². The largest absolute Gasteiger partial charge is 0.299 e. The summed E-state index contributed by atoms with van der Waals surface area (Å²) < 4.78 is 0. The molecule has 106 valence electrons. The Morgan fingerprint density at radius 3 is 2.39 bits per heavy atom. The number of ketones is 1. The second kappa shape index (κ2) is 6.04. The molecule has 0 aromatic heterocycles. The van der Waals surface area contributed by atoms with Crippen molar-refractivity contribution in [2.45, 2.75) is 84.0 Å². The third kappa shape index (κ3) is 2.67. The van der Waals surface area contributed by atoms with Gasteiger partial charge in [-0.05, 0) is 29.3 Å². The molecule has 1 saturated heterocycles. The van der Waals surface area contributed by atoms with Gasteiger partial charge in [-0.1, -0.05) is 62.3 Å². The lowest BCUT2D eigenvalue weighted by Gasteiger charge is -2.56. The molecule has 1 saturated carbocycles. The van der Waals surface area contributed by atoms with Crippen molar-refractivity contribution in [3.63, 3.8) is 0 Å². The monoisotopic (exact) mass is 270 g/mol. The maximum absolute atomic E-state index is 12.3. The summed E-state index contributed by atoms with van der Waals surface area (Å²) in [7, 11) is 0.000298. The molecule has 0 N–H and O–H groups in total. The summed E-state index contributed by atoms with van der Waals surface area (Å²) in [6, 6.07) is 0. The van der Waals surface area contributed by atoms with E-state index in [0.29, 0.717) is 16.9 Å². The summed E-state index contributed by atoms with van der Waals surface area (Å²) in [6.45, 7) is 13.4. The van der Waals surface area contributed by atoms with Crippen LogP contribution < -0.4 is 0 Å². The molecule has 0 spiro atoms. The number of hydrogen-bond donors (Lipinski definition) is 0. The van der Waals surface area contributed by atoms with E-state index in [4.69, 9.17) is 0 Å². The molecule has 0 aromatic rings. The Morgan fingerprint density at radius 2 is 1.83 bits per heavy atom. The highest BCUT2D eigenvalue weighted by Crippen LogP contribution is 2.69.